The van der Waals surface area contributed by atoms with Crippen molar-refractivity contribution in [2.75, 3.05) is 0 Å². The molecule has 0 rings (SSSR count). The Labute approximate surface area is 83.7 Å². The van der Waals surface area contributed by atoms with Crippen molar-refractivity contribution in [2.45, 2.75) is 58.8 Å². The molecule has 0 aromatic rings. The highest BCUT2D eigenvalue weighted by Gasteiger charge is 1.91. The summed E-state index contributed by atoms with van der Waals surface area (Å²) in [5.74, 6) is 0. The van der Waals surface area contributed by atoms with Gasteiger partial charge in [0.25, 0.3) is 0 Å². The lowest BCUT2D eigenvalue weighted by Gasteiger charge is -2.00. The van der Waals surface area contributed by atoms with E-state index >= 15 is 0 Å². The zero-order valence-corrected chi connectivity index (χ0v) is 9.31. The molecular weight excluding hydrogens is 156 g/mol. The van der Waals surface area contributed by atoms with Crippen LogP contribution in [0.5, 0.6) is 0 Å². The summed E-state index contributed by atoms with van der Waals surface area (Å²) in [5, 5.41) is 0. The Kier molecular flexibility index (Phi) is 9.18. The molecule has 76 valence electrons. The number of allylic oxidation sites excluding steroid dienone is 3. The minimum absolute atomic E-state index is 1.21. The molecule has 0 unspecified atom stereocenters. The van der Waals surface area contributed by atoms with Gasteiger partial charge >= 0.3 is 0 Å². The van der Waals surface area contributed by atoms with E-state index in [1.807, 2.05) is 6.08 Å². The predicted octanol–water partition coefficient (Wildman–Crippen LogP) is 4.87. The van der Waals surface area contributed by atoms with Gasteiger partial charge in [-0.2, -0.15) is 0 Å². The van der Waals surface area contributed by atoms with Crippen LogP contribution in [0.2, 0.25) is 0 Å². The fourth-order valence-corrected chi connectivity index (χ4v) is 1.35. The van der Waals surface area contributed by atoms with Gasteiger partial charge in [0.2, 0.25) is 0 Å². The highest BCUT2D eigenvalue weighted by atomic mass is 14.0. The van der Waals surface area contributed by atoms with E-state index in [-0.39, 0.29) is 0 Å². The summed E-state index contributed by atoms with van der Waals surface area (Å²) in [4.78, 5) is 0. The van der Waals surface area contributed by atoms with Gasteiger partial charge in [-0.3, -0.25) is 0 Å². The van der Waals surface area contributed by atoms with E-state index < -0.39 is 0 Å². The van der Waals surface area contributed by atoms with Crippen LogP contribution in [-0.4, -0.2) is 0 Å². The van der Waals surface area contributed by atoms with E-state index in [0.29, 0.717) is 0 Å². The van der Waals surface area contributed by atoms with Crippen molar-refractivity contribution in [2.24, 2.45) is 0 Å². The highest BCUT2D eigenvalue weighted by molar-refractivity contribution is 5.15. The van der Waals surface area contributed by atoms with Crippen molar-refractivity contribution in [3.63, 3.8) is 0 Å². The molecule has 0 radical (unpaired) electrons. The number of rotatable bonds is 8. The fourth-order valence-electron chi connectivity index (χ4n) is 1.35. The van der Waals surface area contributed by atoms with E-state index in [4.69, 9.17) is 0 Å². The van der Waals surface area contributed by atoms with Gasteiger partial charge < -0.3 is 0 Å². The monoisotopic (exact) mass is 180 g/mol. The molecule has 0 spiro atoms. The quantitative estimate of drug-likeness (QED) is 0.369. The van der Waals surface area contributed by atoms with Crippen molar-refractivity contribution in [3.05, 3.63) is 24.3 Å². The SMILES string of the molecule is C=C/C(=C/CCCCC)CCCC. The van der Waals surface area contributed by atoms with Gasteiger partial charge in [-0.15, -0.1) is 0 Å². The van der Waals surface area contributed by atoms with Crippen LogP contribution in [0.25, 0.3) is 0 Å². The second-order valence-electron chi connectivity index (χ2n) is 3.58. The molecule has 0 heterocycles. The first kappa shape index (κ1) is 12.5. The molecule has 0 aliphatic heterocycles. The van der Waals surface area contributed by atoms with Crippen LogP contribution in [0, 0.1) is 0 Å². The highest BCUT2D eigenvalue weighted by Crippen LogP contribution is 2.11. The standard InChI is InChI=1S/C13H24/c1-4-7-9-10-12-13(6-3)11-8-5-2/h6,12H,3-5,7-11H2,1-2H3/b13-12-. The number of hydrogen-bond donors (Lipinski definition) is 0. The largest absolute Gasteiger partial charge is 0.0988 e. The molecule has 0 heteroatoms. The van der Waals surface area contributed by atoms with Gasteiger partial charge in [-0.05, 0) is 25.7 Å². The van der Waals surface area contributed by atoms with Crippen molar-refractivity contribution >= 4 is 0 Å². The minimum atomic E-state index is 1.21. The van der Waals surface area contributed by atoms with Gasteiger partial charge in [0.15, 0.2) is 0 Å². The average molecular weight is 180 g/mol. The molecular formula is C13H24. The Morgan fingerprint density at radius 2 is 1.77 bits per heavy atom. The third kappa shape index (κ3) is 7.83. The van der Waals surface area contributed by atoms with Gasteiger partial charge in [-0.1, -0.05) is 57.4 Å². The van der Waals surface area contributed by atoms with Gasteiger partial charge in [0.1, 0.15) is 0 Å². The molecule has 0 saturated carbocycles. The summed E-state index contributed by atoms with van der Waals surface area (Å²) in [6, 6.07) is 0. The molecule has 0 aromatic carbocycles. The van der Waals surface area contributed by atoms with Crippen molar-refractivity contribution < 1.29 is 0 Å². The van der Waals surface area contributed by atoms with Crippen LogP contribution in [0.3, 0.4) is 0 Å². The van der Waals surface area contributed by atoms with Crippen molar-refractivity contribution in [3.8, 4) is 0 Å². The normalized spacial score (nSPS) is 11.7. The Balaban J connectivity index is 3.58. The molecule has 0 aromatic heterocycles. The second-order valence-corrected chi connectivity index (χ2v) is 3.58. The van der Waals surface area contributed by atoms with E-state index in [9.17, 15) is 0 Å². The van der Waals surface area contributed by atoms with Crippen LogP contribution in [-0.2, 0) is 0 Å². The Hall–Kier alpha value is -0.520. The summed E-state index contributed by atoms with van der Waals surface area (Å²) in [6.45, 7) is 8.32. The van der Waals surface area contributed by atoms with E-state index in [0.717, 1.165) is 0 Å². The third-order valence-corrected chi connectivity index (χ3v) is 2.30. The Morgan fingerprint density at radius 1 is 1.08 bits per heavy atom. The number of unbranched alkanes of at least 4 members (excludes halogenated alkanes) is 4. The maximum absolute atomic E-state index is 3.84. The maximum Gasteiger partial charge on any atom is -0.0282 e. The lowest BCUT2D eigenvalue weighted by molar-refractivity contribution is 0.723. The average Bonchev–Trinajstić information content (AvgIpc) is 2.17. The van der Waals surface area contributed by atoms with Gasteiger partial charge in [0.05, 0.1) is 0 Å². The maximum atomic E-state index is 3.84. The van der Waals surface area contributed by atoms with Crippen LogP contribution < -0.4 is 0 Å². The molecule has 0 nitrogen and oxygen atoms in total. The lowest BCUT2D eigenvalue weighted by atomic mass is 10.1. The van der Waals surface area contributed by atoms with Gasteiger partial charge in [-0.25, -0.2) is 0 Å². The Morgan fingerprint density at radius 3 is 2.31 bits per heavy atom. The molecule has 0 saturated heterocycles. The van der Waals surface area contributed by atoms with Crippen LogP contribution in [0.1, 0.15) is 58.8 Å². The van der Waals surface area contributed by atoms with E-state index in [1.165, 1.54) is 50.5 Å². The first-order valence-electron chi connectivity index (χ1n) is 5.66. The van der Waals surface area contributed by atoms with E-state index in [2.05, 4.69) is 26.5 Å². The van der Waals surface area contributed by atoms with Crippen LogP contribution in [0.4, 0.5) is 0 Å². The summed E-state index contributed by atoms with van der Waals surface area (Å²) in [7, 11) is 0. The summed E-state index contributed by atoms with van der Waals surface area (Å²) >= 11 is 0. The Bertz CT molecular complexity index is 142. The molecule has 0 N–H and O–H groups in total. The summed E-state index contributed by atoms with van der Waals surface area (Å²) in [6.07, 6.45) is 13.4. The molecule has 0 bridgehead atoms. The number of hydrogen-bond acceptors (Lipinski definition) is 0. The first-order valence-corrected chi connectivity index (χ1v) is 5.66. The molecule has 0 aliphatic carbocycles. The second kappa shape index (κ2) is 9.57. The van der Waals surface area contributed by atoms with Gasteiger partial charge in [0, 0.05) is 0 Å². The molecule has 0 amide bonds. The summed E-state index contributed by atoms with van der Waals surface area (Å²) < 4.78 is 0. The molecule has 13 heavy (non-hydrogen) atoms. The molecule has 0 fully saturated rings. The van der Waals surface area contributed by atoms with Crippen molar-refractivity contribution in [1.82, 2.24) is 0 Å². The third-order valence-electron chi connectivity index (χ3n) is 2.30. The van der Waals surface area contributed by atoms with E-state index in [1.54, 1.807) is 0 Å². The lowest BCUT2D eigenvalue weighted by Crippen LogP contribution is -1.80. The predicted molar refractivity (Wildman–Crippen MR) is 61.9 cm³/mol. The minimum Gasteiger partial charge on any atom is -0.0988 e. The zero-order valence-electron chi connectivity index (χ0n) is 9.31. The summed E-state index contributed by atoms with van der Waals surface area (Å²) in [5.41, 5.74) is 1.44. The zero-order chi connectivity index (χ0) is 9.94. The smallest absolute Gasteiger partial charge is 0.0282 e. The molecule has 0 aliphatic rings. The van der Waals surface area contributed by atoms with Crippen LogP contribution in [0.15, 0.2) is 24.3 Å². The fraction of sp³-hybridized carbons (Fsp3) is 0.692. The topological polar surface area (TPSA) is 0 Å². The first-order chi connectivity index (χ1) is 6.35. The molecule has 0 atom stereocenters. The van der Waals surface area contributed by atoms with Crippen LogP contribution >= 0.6 is 0 Å². The van der Waals surface area contributed by atoms with Crippen molar-refractivity contribution in [1.29, 1.82) is 0 Å².